The molecule has 8 heteroatoms. The van der Waals surface area contributed by atoms with E-state index in [4.69, 9.17) is 4.74 Å². The summed E-state index contributed by atoms with van der Waals surface area (Å²) < 4.78 is 33.4. The topological polar surface area (TPSA) is 87.1 Å². The molecular weight excluding hydrogens is 432 g/mol. The molecule has 1 unspecified atom stereocenters. The van der Waals surface area contributed by atoms with E-state index in [-0.39, 0.29) is 28.1 Å². The molecule has 2 N–H and O–H groups in total. The fraction of sp³-hybridized carbons (Fsp3) is 0.120. The molecule has 0 radical (unpaired) electrons. The summed E-state index contributed by atoms with van der Waals surface area (Å²) in [4.78, 5) is 26.9. The largest absolute Gasteiger partial charge is 0.508 e. The number of benzene rings is 3. The molecule has 1 atom stereocenters. The maximum absolute atomic E-state index is 14.7. The monoisotopic (exact) mass is 451 g/mol. The highest BCUT2D eigenvalue weighted by Gasteiger charge is 2.47. The summed E-state index contributed by atoms with van der Waals surface area (Å²) >= 11 is 0. The van der Waals surface area contributed by atoms with Gasteiger partial charge in [0, 0.05) is 11.6 Å². The number of amides is 1. The molecule has 4 rings (SSSR count). The highest BCUT2D eigenvalue weighted by atomic mass is 19.1. The smallest absolute Gasteiger partial charge is 0.300 e. The van der Waals surface area contributed by atoms with Gasteiger partial charge in [0.1, 0.15) is 28.9 Å². The van der Waals surface area contributed by atoms with E-state index in [2.05, 4.69) is 0 Å². The maximum atomic E-state index is 14.7. The number of aromatic hydroxyl groups is 1. The van der Waals surface area contributed by atoms with Crippen molar-refractivity contribution < 1.29 is 33.3 Å². The Balaban J connectivity index is 1.97. The molecule has 0 aliphatic carbocycles. The number of ketones is 1. The number of rotatable bonds is 4. The number of carbonyl (C=O) groups excluding carboxylic acids is 2. The standard InChI is InChI=1S/C25H19F2NO5/c1-13-10-15(6-9-20(13)33-2)23(30)21-22(14-4-3-5-17(29)11-14)28(25(32)24(21)31)19-8-7-16(26)12-18(19)27/h3-12,22,29-30H,1-2H3/b23-21+. The summed E-state index contributed by atoms with van der Waals surface area (Å²) in [7, 11) is 1.49. The Labute approximate surface area is 188 Å². The molecule has 1 amide bonds. The Morgan fingerprint density at radius 2 is 1.79 bits per heavy atom. The molecule has 1 aliphatic heterocycles. The van der Waals surface area contributed by atoms with Gasteiger partial charge in [-0.25, -0.2) is 8.78 Å². The highest BCUT2D eigenvalue weighted by molar-refractivity contribution is 6.51. The summed E-state index contributed by atoms with van der Waals surface area (Å²) in [5.74, 6) is -4.11. The summed E-state index contributed by atoms with van der Waals surface area (Å²) in [6.07, 6.45) is 0. The van der Waals surface area contributed by atoms with Crippen LogP contribution in [0, 0.1) is 18.6 Å². The van der Waals surface area contributed by atoms with Crippen molar-refractivity contribution in [3.63, 3.8) is 0 Å². The van der Waals surface area contributed by atoms with Crippen molar-refractivity contribution in [2.45, 2.75) is 13.0 Å². The van der Waals surface area contributed by atoms with Crippen LogP contribution in [0.5, 0.6) is 11.5 Å². The minimum Gasteiger partial charge on any atom is -0.508 e. The van der Waals surface area contributed by atoms with Crippen LogP contribution in [-0.4, -0.2) is 29.0 Å². The van der Waals surface area contributed by atoms with Crippen LogP contribution >= 0.6 is 0 Å². The first-order valence-electron chi connectivity index (χ1n) is 9.93. The van der Waals surface area contributed by atoms with E-state index in [0.717, 1.165) is 17.0 Å². The number of Topliss-reactive ketones (excluding diaryl/α,β-unsaturated/α-hetero) is 1. The minimum absolute atomic E-state index is 0.155. The molecule has 0 aromatic heterocycles. The summed E-state index contributed by atoms with van der Waals surface area (Å²) in [6, 6.07) is 11.8. The van der Waals surface area contributed by atoms with Gasteiger partial charge in [-0.05, 0) is 60.5 Å². The molecular formula is C25H19F2NO5. The van der Waals surface area contributed by atoms with Gasteiger partial charge in [0.15, 0.2) is 0 Å². The number of ether oxygens (including phenoxy) is 1. The van der Waals surface area contributed by atoms with Gasteiger partial charge in [-0.3, -0.25) is 14.5 Å². The number of anilines is 1. The van der Waals surface area contributed by atoms with Crippen LogP contribution in [0.1, 0.15) is 22.7 Å². The Morgan fingerprint density at radius 3 is 2.42 bits per heavy atom. The number of halogens is 2. The second kappa shape index (κ2) is 8.38. The Kier molecular flexibility index (Phi) is 5.59. The van der Waals surface area contributed by atoms with Gasteiger partial charge in [-0.1, -0.05) is 12.1 Å². The number of aliphatic hydroxyl groups excluding tert-OH is 1. The second-order valence-electron chi connectivity index (χ2n) is 7.54. The highest BCUT2D eigenvalue weighted by Crippen LogP contribution is 2.43. The van der Waals surface area contributed by atoms with Gasteiger partial charge in [0.25, 0.3) is 11.7 Å². The van der Waals surface area contributed by atoms with Crippen LogP contribution in [-0.2, 0) is 9.59 Å². The van der Waals surface area contributed by atoms with E-state index < -0.39 is 35.1 Å². The predicted molar refractivity (Wildman–Crippen MR) is 117 cm³/mol. The van der Waals surface area contributed by atoms with Gasteiger partial charge in [0.2, 0.25) is 0 Å². The molecule has 33 heavy (non-hydrogen) atoms. The van der Waals surface area contributed by atoms with E-state index in [1.54, 1.807) is 19.1 Å². The zero-order valence-corrected chi connectivity index (χ0v) is 17.7. The van der Waals surface area contributed by atoms with E-state index in [1.807, 2.05) is 0 Å². The van der Waals surface area contributed by atoms with Crippen molar-refractivity contribution in [2.75, 3.05) is 12.0 Å². The van der Waals surface area contributed by atoms with Crippen molar-refractivity contribution in [1.82, 2.24) is 0 Å². The normalized spacial score (nSPS) is 17.5. The molecule has 0 saturated carbocycles. The van der Waals surface area contributed by atoms with Gasteiger partial charge in [0.05, 0.1) is 24.4 Å². The van der Waals surface area contributed by atoms with Gasteiger partial charge in [-0.15, -0.1) is 0 Å². The number of aliphatic hydroxyl groups is 1. The van der Waals surface area contributed by atoms with E-state index >= 15 is 0 Å². The number of phenolic OH excluding ortho intramolecular Hbond substituents is 1. The fourth-order valence-corrected chi connectivity index (χ4v) is 3.95. The Hall–Kier alpha value is -4.20. The van der Waals surface area contributed by atoms with Crippen molar-refractivity contribution in [1.29, 1.82) is 0 Å². The zero-order chi connectivity index (χ0) is 23.9. The molecule has 1 heterocycles. The van der Waals surface area contributed by atoms with E-state index in [9.17, 15) is 28.6 Å². The summed E-state index contributed by atoms with van der Waals surface area (Å²) in [6.45, 7) is 1.74. The van der Waals surface area contributed by atoms with Crippen molar-refractivity contribution in [2.24, 2.45) is 0 Å². The van der Waals surface area contributed by atoms with Crippen LogP contribution in [0.3, 0.4) is 0 Å². The lowest BCUT2D eigenvalue weighted by Gasteiger charge is -2.26. The lowest BCUT2D eigenvalue weighted by Crippen LogP contribution is -2.30. The van der Waals surface area contributed by atoms with Gasteiger partial charge >= 0.3 is 0 Å². The molecule has 1 saturated heterocycles. The number of carbonyl (C=O) groups is 2. The molecule has 1 aliphatic rings. The molecule has 3 aromatic carbocycles. The summed E-state index contributed by atoms with van der Waals surface area (Å²) in [5, 5.41) is 21.1. The predicted octanol–water partition coefficient (Wildman–Crippen LogP) is 4.61. The number of phenols is 1. The molecule has 6 nitrogen and oxygen atoms in total. The number of nitrogens with zero attached hydrogens (tertiary/aromatic N) is 1. The zero-order valence-electron chi connectivity index (χ0n) is 17.7. The molecule has 3 aromatic rings. The maximum Gasteiger partial charge on any atom is 0.300 e. The SMILES string of the molecule is COc1ccc(/C(O)=C2\C(=O)C(=O)N(c3ccc(F)cc3F)C2c2cccc(O)c2)cc1C. The third-order valence-electron chi connectivity index (χ3n) is 5.47. The van der Waals surface area contributed by atoms with Crippen molar-refractivity contribution in [3.05, 3.63) is 94.6 Å². The molecule has 0 spiro atoms. The molecule has 168 valence electrons. The number of methoxy groups -OCH3 is 1. The van der Waals surface area contributed by atoms with Crippen molar-refractivity contribution >= 4 is 23.1 Å². The minimum atomic E-state index is -1.26. The third-order valence-corrected chi connectivity index (χ3v) is 5.47. The Bertz CT molecular complexity index is 1320. The first kappa shape index (κ1) is 22.0. The number of aryl methyl sites for hydroxylation is 1. The average Bonchev–Trinajstić information content (AvgIpc) is 3.04. The third kappa shape index (κ3) is 3.80. The van der Waals surface area contributed by atoms with E-state index in [0.29, 0.717) is 17.4 Å². The van der Waals surface area contributed by atoms with Gasteiger partial charge in [-0.2, -0.15) is 0 Å². The van der Waals surface area contributed by atoms with Gasteiger partial charge < -0.3 is 14.9 Å². The van der Waals surface area contributed by atoms with Crippen LogP contribution in [0.15, 0.2) is 66.2 Å². The number of hydrogen-bond donors (Lipinski definition) is 2. The first-order valence-corrected chi connectivity index (χ1v) is 9.93. The molecule has 0 bridgehead atoms. The lowest BCUT2D eigenvalue weighted by molar-refractivity contribution is -0.132. The number of hydrogen-bond acceptors (Lipinski definition) is 5. The summed E-state index contributed by atoms with van der Waals surface area (Å²) in [5.41, 5.74) is 0.547. The average molecular weight is 451 g/mol. The van der Waals surface area contributed by atoms with Crippen LogP contribution in [0.25, 0.3) is 5.76 Å². The van der Waals surface area contributed by atoms with Crippen LogP contribution < -0.4 is 9.64 Å². The second-order valence-corrected chi connectivity index (χ2v) is 7.54. The quantitative estimate of drug-likeness (QED) is 0.344. The Morgan fingerprint density at radius 1 is 1.03 bits per heavy atom. The first-order chi connectivity index (χ1) is 15.7. The van der Waals surface area contributed by atoms with Crippen molar-refractivity contribution in [3.8, 4) is 11.5 Å². The van der Waals surface area contributed by atoms with Crippen LogP contribution in [0.4, 0.5) is 14.5 Å². The fourth-order valence-electron chi connectivity index (χ4n) is 3.95. The molecule has 1 fully saturated rings. The van der Waals surface area contributed by atoms with E-state index in [1.165, 1.54) is 37.4 Å². The van der Waals surface area contributed by atoms with Crippen LogP contribution in [0.2, 0.25) is 0 Å². The lowest BCUT2D eigenvalue weighted by atomic mass is 9.94.